The molecule has 2 saturated heterocycles. The second-order valence-electron chi connectivity index (χ2n) is 9.69. The number of hydrogen-bond acceptors (Lipinski definition) is 6. The molecule has 0 N–H and O–H groups in total. The Labute approximate surface area is 178 Å². The lowest BCUT2D eigenvalue weighted by Gasteiger charge is -2.38. The molecule has 7 nitrogen and oxygen atoms in total. The van der Waals surface area contributed by atoms with Crippen molar-refractivity contribution in [1.29, 1.82) is 0 Å². The summed E-state index contributed by atoms with van der Waals surface area (Å²) in [7, 11) is 0. The minimum Gasteiger partial charge on any atom is -0.444 e. The van der Waals surface area contributed by atoms with Crippen molar-refractivity contribution in [2.45, 2.75) is 77.8 Å². The smallest absolute Gasteiger partial charge is 0.410 e. The molecule has 3 heterocycles. The number of fused-ring (bicyclic) bond motifs is 1. The summed E-state index contributed by atoms with van der Waals surface area (Å²) in [5, 5.41) is 0. The number of hydrogen-bond donors (Lipinski definition) is 0. The van der Waals surface area contributed by atoms with Gasteiger partial charge in [0.05, 0.1) is 12.3 Å². The molecule has 0 radical (unpaired) electrons. The van der Waals surface area contributed by atoms with E-state index in [9.17, 15) is 9.59 Å². The van der Waals surface area contributed by atoms with E-state index in [0.29, 0.717) is 39.0 Å². The summed E-state index contributed by atoms with van der Waals surface area (Å²) in [5.74, 6) is 0.164. The summed E-state index contributed by atoms with van der Waals surface area (Å²) < 4.78 is 16.9. The second kappa shape index (κ2) is 8.27. The molecule has 0 bridgehead atoms. The molecular formula is C23H32N2O5. The number of nitrogens with zero attached hydrogens (tertiary/aromatic N) is 2. The van der Waals surface area contributed by atoms with Crippen LogP contribution in [-0.4, -0.2) is 53.3 Å². The predicted octanol–water partition coefficient (Wildman–Crippen LogP) is 3.88. The molecule has 1 unspecified atom stereocenters. The van der Waals surface area contributed by atoms with Crippen molar-refractivity contribution in [3.05, 3.63) is 29.1 Å². The Balaban J connectivity index is 1.37. The van der Waals surface area contributed by atoms with Gasteiger partial charge >= 0.3 is 6.09 Å². The van der Waals surface area contributed by atoms with Gasteiger partial charge in [0, 0.05) is 36.9 Å². The van der Waals surface area contributed by atoms with Crippen LogP contribution in [0.5, 0.6) is 0 Å². The Bertz CT molecular complexity index is 802. The number of piperidine rings is 1. The van der Waals surface area contributed by atoms with Crippen LogP contribution in [0.2, 0.25) is 0 Å². The molecule has 0 aromatic carbocycles. The minimum atomic E-state index is -0.515. The average molecular weight is 417 g/mol. The zero-order valence-electron chi connectivity index (χ0n) is 18.2. The molecule has 1 spiro atoms. The number of amides is 1. The number of ketones is 1. The standard InChI is InChI=1S/C23H32N2O5/c1-22(2,3)30-21(27)25-9-7-23(8-10-25)13-16-12-17(24-14-18(16)20(23)26)15-29-19-6-4-5-11-28-19/h12,14,19H,4-11,13,15H2,1-3H3. The van der Waals surface area contributed by atoms with E-state index in [4.69, 9.17) is 14.2 Å². The van der Waals surface area contributed by atoms with Crippen LogP contribution in [-0.2, 0) is 27.2 Å². The zero-order valence-corrected chi connectivity index (χ0v) is 18.2. The fourth-order valence-corrected chi connectivity index (χ4v) is 4.58. The minimum absolute atomic E-state index is 0.154. The molecule has 0 saturated carbocycles. The van der Waals surface area contributed by atoms with Crippen LogP contribution in [0.3, 0.4) is 0 Å². The van der Waals surface area contributed by atoms with Gasteiger partial charge in [-0.15, -0.1) is 0 Å². The van der Waals surface area contributed by atoms with Gasteiger partial charge in [-0.2, -0.15) is 0 Å². The van der Waals surface area contributed by atoms with E-state index in [1.165, 1.54) is 0 Å². The summed E-state index contributed by atoms with van der Waals surface area (Å²) >= 11 is 0. The fraction of sp³-hybridized carbons (Fsp3) is 0.696. The van der Waals surface area contributed by atoms with E-state index in [1.807, 2.05) is 26.8 Å². The maximum absolute atomic E-state index is 13.2. The monoisotopic (exact) mass is 416 g/mol. The Morgan fingerprint density at radius 1 is 1.30 bits per heavy atom. The van der Waals surface area contributed by atoms with Crippen molar-refractivity contribution in [1.82, 2.24) is 9.88 Å². The largest absolute Gasteiger partial charge is 0.444 e. The topological polar surface area (TPSA) is 78.0 Å². The Morgan fingerprint density at radius 2 is 2.07 bits per heavy atom. The van der Waals surface area contributed by atoms with Crippen LogP contribution < -0.4 is 0 Å². The van der Waals surface area contributed by atoms with Crippen molar-refractivity contribution in [2.75, 3.05) is 19.7 Å². The highest BCUT2D eigenvalue weighted by molar-refractivity contribution is 6.04. The number of aromatic nitrogens is 1. The second-order valence-corrected chi connectivity index (χ2v) is 9.69. The van der Waals surface area contributed by atoms with Crippen molar-refractivity contribution in [2.24, 2.45) is 5.41 Å². The van der Waals surface area contributed by atoms with Crippen LogP contribution in [0.1, 0.15) is 74.5 Å². The van der Waals surface area contributed by atoms with Crippen molar-refractivity contribution in [3.63, 3.8) is 0 Å². The summed E-state index contributed by atoms with van der Waals surface area (Å²) in [6, 6.07) is 2.01. The summed E-state index contributed by atoms with van der Waals surface area (Å²) in [4.78, 5) is 31.7. The van der Waals surface area contributed by atoms with Crippen molar-refractivity contribution < 1.29 is 23.8 Å². The van der Waals surface area contributed by atoms with Crippen LogP contribution in [0.25, 0.3) is 0 Å². The fourth-order valence-electron chi connectivity index (χ4n) is 4.58. The highest BCUT2D eigenvalue weighted by Gasteiger charge is 2.48. The molecule has 3 aliphatic rings. The molecule has 30 heavy (non-hydrogen) atoms. The lowest BCUT2D eigenvalue weighted by molar-refractivity contribution is -0.169. The average Bonchev–Trinajstić information content (AvgIpc) is 2.97. The van der Waals surface area contributed by atoms with E-state index in [-0.39, 0.29) is 18.2 Å². The van der Waals surface area contributed by atoms with Gasteiger partial charge in [0.2, 0.25) is 0 Å². The van der Waals surface area contributed by atoms with Gasteiger partial charge in [0.1, 0.15) is 5.60 Å². The maximum Gasteiger partial charge on any atom is 0.410 e. The molecule has 7 heteroatoms. The van der Waals surface area contributed by atoms with Crippen LogP contribution in [0.15, 0.2) is 12.3 Å². The quantitative estimate of drug-likeness (QED) is 0.744. The molecule has 2 aliphatic heterocycles. The highest BCUT2D eigenvalue weighted by Crippen LogP contribution is 2.44. The maximum atomic E-state index is 13.2. The third-order valence-electron chi connectivity index (χ3n) is 6.23. The first-order valence-corrected chi connectivity index (χ1v) is 11.0. The van der Waals surface area contributed by atoms with Crippen LogP contribution >= 0.6 is 0 Å². The molecule has 1 aromatic heterocycles. The molecule has 2 fully saturated rings. The first-order valence-electron chi connectivity index (χ1n) is 11.0. The highest BCUT2D eigenvalue weighted by atomic mass is 16.7. The number of likely N-dealkylation sites (tertiary alicyclic amines) is 1. The van der Waals surface area contributed by atoms with Gasteiger partial charge in [0.15, 0.2) is 12.1 Å². The van der Waals surface area contributed by atoms with E-state index in [2.05, 4.69) is 4.98 Å². The van der Waals surface area contributed by atoms with E-state index < -0.39 is 11.0 Å². The van der Waals surface area contributed by atoms with Crippen molar-refractivity contribution >= 4 is 11.9 Å². The third kappa shape index (κ3) is 4.52. The first-order chi connectivity index (χ1) is 14.3. The predicted molar refractivity (Wildman–Crippen MR) is 110 cm³/mol. The van der Waals surface area contributed by atoms with Gasteiger partial charge in [-0.3, -0.25) is 9.78 Å². The molecule has 1 aromatic rings. The first kappa shape index (κ1) is 21.2. The Kier molecular flexibility index (Phi) is 5.86. The van der Waals surface area contributed by atoms with Gasteiger partial charge in [-0.1, -0.05) is 0 Å². The van der Waals surface area contributed by atoms with Crippen molar-refractivity contribution in [3.8, 4) is 0 Å². The summed E-state index contributed by atoms with van der Waals surface area (Å²) in [6.07, 6.45) is 6.40. The van der Waals surface area contributed by atoms with Crippen LogP contribution in [0.4, 0.5) is 4.79 Å². The molecule has 1 aliphatic carbocycles. The number of carbonyl (C=O) groups excluding carboxylic acids is 2. The van der Waals surface area contributed by atoms with E-state index >= 15 is 0 Å². The molecule has 1 amide bonds. The van der Waals surface area contributed by atoms with E-state index in [1.54, 1.807) is 11.1 Å². The van der Waals surface area contributed by atoms with Gasteiger partial charge in [-0.05, 0) is 70.9 Å². The van der Waals surface area contributed by atoms with Gasteiger partial charge in [-0.25, -0.2) is 4.79 Å². The lowest BCUT2D eigenvalue weighted by Crippen LogP contribution is -2.47. The zero-order chi connectivity index (χ0) is 21.4. The van der Waals surface area contributed by atoms with Gasteiger partial charge < -0.3 is 19.1 Å². The SMILES string of the molecule is CC(C)(C)OC(=O)N1CCC2(CC1)Cc1cc(COC3CCCCO3)ncc1C2=O. The molecule has 1 atom stereocenters. The van der Waals surface area contributed by atoms with Crippen LogP contribution in [0, 0.1) is 5.41 Å². The Hall–Kier alpha value is -1.99. The Morgan fingerprint density at radius 3 is 2.73 bits per heavy atom. The molecule has 164 valence electrons. The number of carbonyl (C=O) groups is 2. The number of ether oxygens (including phenoxy) is 3. The van der Waals surface area contributed by atoms with E-state index in [0.717, 1.165) is 42.7 Å². The lowest BCUT2D eigenvalue weighted by atomic mass is 9.75. The molecular weight excluding hydrogens is 384 g/mol. The number of pyridine rings is 1. The normalized spacial score (nSPS) is 23.5. The third-order valence-corrected chi connectivity index (χ3v) is 6.23. The summed E-state index contributed by atoms with van der Waals surface area (Å²) in [6.45, 7) is 7.81. The number of rotatable bonds is 3. The number of Topliss-reactive ketones (excluding diaryl/α,β-unsaturated/α-hetero) is 1. The summed E-state index contributed by atoms with van der Waals surface area (Å²) in [5.41, 5.74) is 1.66. The van der Waals surface area contributed by atoms with Gasteiger partial charge in [0.25, 0.3) is 0 Å². The molecule has 4 rings (SSSR count).